The van der Waals surface area contributed by atoms with Crippen LogP contribution in [0.3, 0.4) is 0 Å². The van der Waals surface area contributed by atoms with Crippen molar-refractivity contribution in [2.24, 2.45) is 5.41 Å². The van der Waals surface area contributed by atoms with Crippen LogP contribution in [-0.4, -0.2) is 35.1 Å². The maximum atomic E-state index is 12.0. The molecule has 2 aliphatic rings. The molecule has 1 saturated carbocycles. The van der Waals surface area contributed by atoms with Crippen LogP contribution in [0, 0.1) is 5.41 Å². The predicted molar refractivity (Wildman–Crippen MR) is 100 cm³/mol. The predicted octanol–water partition coefficient (Wildman–Crippen LogP) is 3.07. The molecular weight excluding hydrogens is 346 g/mol. The van der Waals surface area contributed by atoms with Crippen molar-refractivity contribution in [3.8, 4) is 0 Å². The summed E-state index contributed by atoms with van der Waals surface area (Å²) >= 11 is 0. The number of esters is 2. The van der Waals surface area contributed by atoms with E-state index < -0.39 is 11.9 Å². The van der Waals surface area contributed by atoms with Gasteiger partial charge in [0.2, 0.25) is 5.95 Å². The molecule has 1 fully saturated rings. The number of hydrogen-bond acceptors (Lipinski definition) is 7. The molecule has 0 saturated heterocycles. The molecule has 27 heavy (non-hydrogen) atoms. The van der Waals surface area contributed by atoms with Crippen LogP contribution in [0.4, 0.5) is 5.95 Å². The number of nitrogens with one attached hydrogen (secondary N) is 1. The third-order valence-electron chi connectivity index (χ3n) is 6.28. The number of carbonyl (C=O) groups is 2. The van der Waals surface area contributed by atoms with Gasteiger partial charge in [-0.2, -0.15) is 0 Å². The molecule has 3 rings (SSSR count). The molecule has 146 valence electrons. The van der Waals surface area contributed by atoms with Crippen LogP contribution in [-0.2, 0) is 24.5 Å². The summed E-state index contributed by atoms with van der Waals surface area (Å²) in [6.07, 6.45) is 5.38. The maximum Gasteiger partial charge on any atom is 0.347 e. The lowest BCUT2D eigenvalue weighted by molar-refractivity contribution is -0.146. The summed E-state index contributed by atoms with van der Waals surface area (Å²) in [5.74, 6) is -0.658. The van der Waals surface area contributed by atoms with Crippen LogP contribution in [0.2, 0.25) is 0 Å². The normalized spacial score (nSPS) is 24.1. The van der Waals surface area contributed by atoms with Gasteiger partial charge in [0.05, 0.1) is 18.9 Å². The number of aromatic nitrogens is 2. The minimum atomic E-state index is -0.739. The summed E-state index contributed by atoms with van der Waals surface area (Å²) in [5.41, 5.74) is 2.19. The smallest absolute Gasteiger partial charge is 0.347 e. The van der Waals surface area contributed by atoms with E-state index in [0.717, 1.165) is 18.5 Å². The van der Waals surface area contributed by atoms with Crippen molar-refractivity contribution in [3.63, 3.8) is 0 Å². The highest BCUT2D eigenvalue weighted by atomic mass is 16.6. The number of ether oxygens (including phenoxy) is 2. The average molecular weight is 373 g/mol. The Kier molecular flexibility index (Phi) is 4.97. The zero-order chi connectivity index (χ0) is 19.8. The van der Waals surface area contributed by atoms with Crippen LogP contribution in [0.25, 0.3) is 0 Å². The standard InChI is InChI=1S/C20H27N3O4/c1-6-26-16(24)13(17(25)27-7-2)11-22-18-21-10-12-14-8-9-20(5,15(12)23-18)19(14,3)4/h10-11,14H,6-9H2,1-5H3,(H,21,22,23)/t14-,20+/m1/s1. The second-order valence-electron chi connectivity index (χ2n) is 7.79. The highest BCUT2D eigenvalue weighted by molar-refractivity contribution is 6.14. The molecule has 0 radical (unpaired) electrons. The van der Waals surface area contributed by atoms with Gasteiger partial charge in [0.15, 0.2) is 5.57 Å². The minimum absolute atomic E-state index is 0.00119. The van der Waals surface area contributed by atoms with E-state index in [1.54, 1.807) is 13.8 Å². The zero-order valence-corrected chi connectivity index (χ0v) is 16.6. The lowest BCUT2D eigenvalue weighted by Gasteiger charge is -2.34. The monoisotopic (exact) mass is 373 g/mol. The van der Waals surface area contributed by atoms with Gasteiger partial charge in [0.25, 0.3) is 0 Å². The van der Waals surface area contributed by atoms with Gasteiger partial charge in [0.1, 0.15) is 0 Å². The lowest BCUT2D eigenvalue weighted by Crippen LogP contribution is -2.32. The fourth-order valence-corrected chi connectivity index (χ4v) is 4.38. The minimum Gasteiger partial charge on any atom is -0.462 e. The van der Waals surface area contributed by atoms with E-state index in [0.29, 0.717) is 11.9 Å². The molecule has 1 aromatic heterocycles. The molecule has 2 atom stereocenters. The van der Waals surface area contributed by atoms with E-state index in [2.05, 4.69) is 31.1 Å². The molecule has 0 aromatic carbocycles. The largest absolute Gasteiger partial charge is 0.462 e. The van der Waals surface area contributed by atoms with Gasteiger partial charge in [-0.15, -0.1) is 0 Å². The van der Waals surface area contributed by atoms with Crippen LogP contribution in [0.15, 0.2) is 18.0 Å². The third kappa shape index (κ3) is 2.99. The summed E-state index contributed by atoms with van der Waals surface area (Å²) in [4.78, 5) is 33.2. The van der Waals surface area contributed by atoms with Crippen molar-refractivity contribution in [2.75, 3.05) is 18.5 Å². The van der Waals surface area contributed by atoms with Crippen molar-refractivity contribution in [1.29, 1.82) is 0 Å². The zero-order valence-electron chi connectivity index (χ0n) is 16.6. The number of fused-ring (bicyclic) bond motifs is 5. The third-order valence-corrected chi connectivity index (χ3v) is 6.28. The molecule has 7 nitrogen and oxygen atoms in total. The maximum absolute atomic E-state index is 12.0. The molecule has 0 spiro atoms. The molecular formula is C20H27N3O4. The highest BCUT2D eigenvalue weighted by Gasteiger charge is 2.60. The van der Waals surface area contributed by atoms with Crippen molar-refractivity contribution in [3.05, 3.63) is 29.2 Å². The van der Waals surface area contributed by atoms with Crippen LogP contribution in [0.1, 0.15) is 64.6 Å². The van der Waals surface area contributed by atoms with Gasteiger partial charge in [-0.25, -0.2) is 19.6 Å². The van der Waals surface area contributed by atoms with E-state index >= 15 is 0 Å². The van der Waals surface area contributed by atoms with Gasteiger partial charge in [-0.1, -0.05) is 20.8 Å². The molecule has 7 heteroatoms. The number of carbonyl (C=O) groups excluding carboxylic acids is 2. The first-order chi connectivity index (χ1) is 12.8. The summed E-state index contributed by atoms with van der Waals surface area (Å²) in [6, 6.07) is 0. The Morgan fingerprint density at radius 2 is 1.85 bits per heavy atom. The Bertz CT molecular complexity index is 782. The molecule has 0 amide bonds. The SMILES string of the molecule is CCOC(=O)C(=CNc1ncc2c(n1)[C@]1(C)CC[C@H]2C1(C)C)C(=O)OCC. The van der Waals surface area contributed by atoms with Crippen molar-refractivity contribution in [2.45, 2.75) is 58.8 Å². The Balaban J connectivity index is 1.87. The fourth-order valence-electron chi connectivity index (χ4n) is 4.38. The Morgan fingerprint density at radius 3 is 2.44 bits per heavy atom. The summed E-state index contributed by atoms with van der Waals surface area (Å²) in [5, 5.41) is 2.87. The lowest BCUT2D eigenvalue weighted by atomic mass is 9.70. The first kappa shape index (κ1) is 19.3. The number of hydrogen-bond donors (Lipinski definition) is 1. The molecule has 1 N–H and O–H groups in total. The van der Waals surface area contributed by atoms with Gasteiger partial charge in [-0.05, 0) is 43.6 Å². The van der Waals surface area contributed by atoms with Crippen LogP contribution < -0.4 is 5.32 Å². The van der Waals surface area contributed by atoms with Crippen molar-refractivity contribution >= 4 is 17.9 Å². The molecule has 0 aliphatic heterocycles. The highest BCUT2D eigenvalue weighted by Crippen LogP contribution is 2.67. The van der Waals surface area contributed by atoms with Crippen LogP contribution in [0.5, 0.6) is 0 Å². The molecule has 2 bridgehead atoms. The second-order valence-corrected chi connectivity index (χ2v) is 7.79. The van der Waals surface area contributed by atoms with Gasteiger partial charge in [-0.3, -0.25) is 0 Å². The molecule has 2 aliphatic carbocycles. The quantitative estimate of drug-likeness (QED) is 0.355. The van der Waals surface area contributed by atoms with E-state index in [1.165, 1.54) is 11.8 Å². The Morgan fingerprint density at radius 1 is 1.22 bits per heavy atom. The number of rotatable bonds is 6. The van der Waals surface area contributed by atoms with Gasteiger partial charge in [0, 0.05) is 17.8 Å². The molecule has 1 aromatic rings. The summed E-state index contributed by atoms with van der Waals surface area (Å²) in [7, 11) is 0. The Hall–Kier alpha value is -2.44. The Labute approximate surface area is 159 Å². The van der Waals surface area contributed by atoms with Gasteiger partial charge >= 0.3 is 11.9 Å². The number of nitrogens with zero attached hydrogens (tertiary/aromatic N) is 2. The van der Waals surface area contributed by atoms with Crippen LogP contribution >= 0.6 is 0 Å². The first-order valence-corrected chi connectivity index (χ1v) is 9.44. The molecule has 1 heterocycles. The van der Waals surface area contributed by atoms with E-state index in [-0.39, 0.29) is 29.6 Å². The summed E-state index contributed by atoms with van der Waals surface area (Å²) < 4.78 is 9.86. The van der Waals surface area contributed by atoms with E-state index in [1.807, 2.05) is 6.20 Å². The van der Waals surface area contributed by atoms with E-state index in [4.69, 9.17) is 14.5 Å². The summed E-state index contributed by atoms with van der Waals surface area (Å²) in [6.45, 7) is 10.5. The fraction of sp³-hybridized carbons (Fsp3) is 0.600. The van der Waals surface area contributed by atoms with Gasteiger partial charge < -0.3 is 14.8 Å². The average Bonchev–Trinajstić information content (AvgIpc) is 2.94. The van der Waals surface area contributed by atoms with E-state index in [9.17, 15) is 9.59 Å². The topological polar surface area (TPSA) is 90.4 Å². The second kappa shape index (κ2) is 6.94. The first-order valence-electron chi connectivity index (χ1n) is 9.44. The number of anilines is 1. The van der Waals surface area contributed by atoms with Crippen molar-refractivity contribution in [1.82, 2.24) is 9.97 Å². The van der Waals surface area contributed by atoms with Crippen molar-refractivity contribution < 1.29 is 19.1 Å². The molecule has 0 unspecified atom stereocenters.